The number of nitriles is 1. The third kappa shape index (κ3) is 4.76. The van der Waals surface area contributed by atoms with Gasteiger partial charge < -0.3 is 4.74 Å². The molecule has 0 bridgehead atoms. The van der Waals surface area contributed by atoms with Crippen molar-refractivity contribution in [2.45, 2.75) is 24.1 Å². The number of thioether (sulfide) groups is 1. The number of esters is 1. The topological polar surface area (TPSA) is 80.0 Å². The van der Waals surface area contributed by atoms with E-state index in [1.54, 1.807) is 6.92 Å². The molecule has 0 saturated carbocycles. The minimum absolute atomic E-state index is 0.168. The Morgan fingerprint density at radius 3 is 2.20 bits per heavy atom. The van der Waals surface area contributed by atoms with Crippen LogP contribution in [0.5, 0.6) is 0 Å². The summed E-state index contributed by atoms with van der Waals surface area (Å²) >= 11 is 0.956. The van der Waals surface area contributed by atoms with Crippen molar-refractivity contribution in [1.82, 2.24) is 4.98 Å². The lowest BCUT2D eigenvalue weighted by Crippen LogP contribution is -2.27. The van der Waals surface area contributed by atoms with Crippen molar-refractivity contribution in [2.75, 3.05) is 6.61 Å². The first-order valence-electron chi connectivity index (χ1n) is 9.44. The Balaban J connectivity index is 2.19. The Morgan fingerprint density at radius 1 is 1.07 bits per heavy atom. The molecule has 1 aromatic heterocycles. The van der Waals surface area contributed by atoms with Crippen LogP contribution in [0.3, 0.4) is 0 Å². The summed E-state index contributed by atoms with van der Waals surface area (Å²) in [5.74, 6) is -0.984. The molecule has 1 atom stereocenters. The number of ketones is 1. The van der Waals surface area contributed by atoms with E-state index >= 15 is 0 Å². The average Bonchev–Trinajstić information content (AvgIpc) is 2.78. The molecule has 0 aliphatic heterocycles. The molecule has 0 radical (unpaired) electrons. The number of carbonyl (C=O) groups excluding carboxylic acids is 2. The molecule has 0 saturated heterocycles. The van der Waals surface area contributed by atoms with E-state index in [0.717, 1.165) is 22.9 Å². The molecular weight excluding hydrogens is 396 g/mol. The summed E-state index contributed by atoms with van der Waals surface area (Å²) in [7, 11) is 0. The number of hydrogen-bond acceptors (Lipinski definition) is 6. The van der Waals surface area contributed by atoms with Crippen molar-refractivity contribution in [3.05, 3.63) is 72.3 Å². The van der Waals surface area contributed by atoms with Crippen molar-refractivity contribution in [3.8, 4) is 28.5 Å². The highest BCUT2D eigenvalue weighted by atomic mass is 32.2. The van der Waals surface area contributed by atoms with Gasteiger partial charge in [-0.15, -0.1) is 0 Å². The summed E-state index contributed by atoms with van der Waals surface area (Å²) in [4.78, 5) is 29.1. The second-order valence-electron chi connectivity index (χ2n) is 6.44. The van der Waals surface area contributed by atoms with Crippen LogP contribution in [-0.4, -0.2) is 28.6 Å². The van der Waals surface area contributed by atoms with Gasteiger partial charge in [-0.2, -0.15) is 5.26 Å². The van der Waals surface area contributed by atoms with Crippen LogP contribution in [0.2, 0.25) is 0 Å². The fourth-order valence-corrected chi connectivity index (χ4v) is 3.92. The molecule has 150 valence electrons. The zero-order valence-electron chi connectivity index (χ0n) is 16.7. The van der Waals surface area contributed by atoms with E-state index < -0.39 is 11.2 Å². The Morgan fingerprint density at radius 2 is 1.67 bits per heavy atom. The highest BCUT2D eigenvalue weighted by Gasteiger charge is 2.29. The van der Waals surface area contributed by atoms with Crippen molar-refractivity contribution in [3.63, 3.8) is 0 Å². The lowest BCUT2D eigenvalue weighted by molar-refractivity contribution is -0.144. The van der Waals surface area contributed by atoms with Crippen molar-refractivity contribution in [2.24, 2.45) is 0 Å². The molecule has 2 aromatic carbocycles. The lowest BCUT2D eigenvalue weighted by Gasteiger charge is -2.16. The van der Waals surface area contributed by atoms with Gasteiger partial charge in [0.1, 0.15) is 11.1 Å². The highest BCUT2D eigenvalue weighted by Crippen LogP contribution is 2.36. The predicted molar refractivity (Wildman–Crippen MR) is 117 cm³/mol. The van der Waals surface area contributed by atoms with Gasteiger partial charge in [0, 0.05) is 11.1 Å². The normalized spacial score (nSPS) is 11.4. The number of benzene rings is 2. The molecule has 30 heavy (non-hydrogen) atoms. The summed E-state index contributed by atoms with van der Waals surface area (Å²) in [6, 6.07) is 23.1. The van der Waals surface area contributed by atoms with Gasteiger partial charge in [-0.05, 0) is 25.5 Å². The minimum Gasteiger partial charge on any atom is -0.465 e. The molecular formula is C24H20N2O3S. The molecule has 0 N–H and O–H groups in total. The first-order chi connectivity index (χ1) is 14.5. The standard InChI is InChI=1S/C24H20N2O3S/c1-3-29-24(28)22(16(2)27)30-23-20(15-25)19(17-10-6-4-7-11-17)14-21(26-23)18-12-8-5-9-13-18/h4-14,22H,3H2,1-2H3/t22-/m0/s1. The minimum atomic E-state index is -1.08. The molecule has 0 unspecified atom stereocenters. The molecule has 3 aromatic rings. The van der Waals surface area contributed by atoms with Gasteiger partial charge in [0.15, 0.2) is 11.0 Å². The maximum Gasteiger partial charge on any atom is 0.327 e. The van der Waals surface area contributed by atoms with Gasteiger partial charge in [0.25, 0.3) is 0 Å². The first-order valence-corrected chi connectivity index (χ1v) is 10.3. The number of hydrogen-bond donors (Lipinski definition) is 0. The quantitative estimate of drug-likeness (QED) is 0.310. The van der Waals surface area contributed by atoms with Crippen LogP contribution in [0.4, 0.5) is 0 Å². The van der Waals surface area contributed by atoms with Crippen LogP contribution in [-0.2, 0) is 14.3 Å². The zero-order valence-corrected chi connectivity index (χ0v) is 17.5. The Kier molecular flexibility index (Phi) is 6.99. The molecule has 0 aliphatic rings. The van der Waals surface area contributed by atoms with E-state index in [-0.39, 0.29) is 12.4 Å². The van der Waals surface area contributed by atoms with Crippen molar-refractivity contribution in [1.29, 1.82) is 5.26 Å². The number of Topliss-reactive ketones (excluding diaryl/α,β-unsaturated/α-hetero) is 1. The molecule has 0 aliphatic carbocycles. The van der Waals surface area contributed by atoms with Crippen LogP contribution >= 0.6 is 11.8 Å². The van der Waals surface area contributed by atoms with Crippen LogP contribution in [0.1, 0.15) is 19.4 Å². The third-order valence-electron chi connectivity index (χ3n) is 4.35. The van der Waals surface area contributed by atoms with Crippen molar-refractivity contribution >= 4 is 23.5 Å². The smallest absolute Gasteiger partial charge is 0.327 e. The van der Waals surface area contributed by atoms with Gasteiger partial charge in [0.2, 0.25) is 0 Å². The molecule has 1 heterocycles. The monoisotopic (exact) mass is 416 g/mol. The number of ether oxygens (including phenoxy) is 1. The SMILES string of the molecule is CCOC(=O)[C@@H](Sc1nc(-c2ccccc2)cc(-c2ccccc2)c1C#N)C(C)=O. The summed E-state index contributed by atoms with van der Waals surface area (Å²) in [5.41, 5.74) is 3.40. The number of aromatic nitrogens is 1. The van der Waals surface area contributed by atoms with Crippen molar-refractivity contribution < 1.29 is 14.3 Å². The lowest BCUT2D eigenvalue weighted by atomic mass is 9.99. The predicted octanol–water partition coefficient (Wildman–Crippen LogP) is 4.90. The van der Waals surface area contributed by atoms with Gasteiger partial charge in [-0.1, -0.05) is 72.4 Å². The van der Waals surface area contributed by atoms with Gasteiger partial charge in [-0.25, -0.2) is 4.98 Å². The van der Waals surface area contributed by atoms with E-state index in [0.29, 0.717) is 21.8 Å². The fourth-order valence-electron chi connectivity index (χ4n) is 2.94. The zero-order chi connectivity index (χ0) is 21.5. The van der Waals surface area contributed by atoms with Crippen LogP contribution in [0.25, 0.3) is 22.4 Å². The number of rotatable bonds is 7. The summed E-state index contributed by atoms with van der Waals surface area (Å²) in [6.45, 7) is 3.18. The molecule has 3 rings (SSSR count). The maximum absolute atomic E-state index is 12.3. The Hall–Kier alpha value is -3.43. The second-order valence-corrected chi connectivity index (χ2v) is 7.53. The van der Waals surface area contributed by atoms with E-state index in [1.807, 2.05) is 66.7 Å². The van der Waals surface area contributed by atoms with E-state index in [1.165, 1.54) is 6.92 Å². The first kappa shape index (κ1) is 21.3. The largest absolute Gasteiger partial charge is 0.465 e. The molecule has 0 amide bonds. The van der Waals surface area contributed by atoms with E-state index in [2.05, 4.69) is 11.1 Å². The molecule has 0 fully saturated rings. The summed E-state index contributed by atoms with van der Waals surface area (Å²) in [6.07, 6.45) is 0. The Bertz CT molecular complexity index is 1090. The van der Waals surface area contributed by atoms with Gasteiger partial charge in [0.05, 0.1) is 17.9 Å². The number of nitrogens with zero attached hydrogens (tertiary/aromatic N) is 2. The average molecular weight is 417 g/mol. The van der Waals surface area contributed by atoms with E-state index in [9.17, 15) is 14.9 Å². The third-order valence-corrected chi connectivity index (χ3v) is 5.63. The highest BCUT2D eigenvalue weighted by molar-refractivity contribution is 8.01. The number of pyridine rings is 1. The van der Waals surface area contributed by atoms with Crippen LogP contribution < -0.4 is 0 Å². The summed E-state index contributed by atoms with van der Waals surface area (Å²) in [5, 5.41) is 9.15. The summed E-state index contributed by atoms with van der Waals surface area (Å²) < 4.78 is 5.05. The molecule has 5 nitrogen and oxygen atoms in total. The van der Waals surface area contributed by atoms with Crippen LogP contribution in [0.15, 0.2) is 71.8 Å². The fraction of sp³-hybridized carbons (Fsp3) is 0.167. The molecule has 0 spiro atoms. The van der Waals surface area contributed by atoms with E-state index in [4.69, 9.17) is 4.74 Å². The maximum atomic E-state index is 12.3. The number of carbonyl (C=O) groups is 2. The van der Waals surface area contributed by atoms with Crippen LogP contribution in [0, 0.1) is 11.3 Å². The van der Waals surface area contributed by atoms with Gasteiger partial charge in [-0.3, -0.25) is 9.59 Å². The second kappa shape index (κ2) is 9.86. The molecule has 6 heteroatoms. The van der Waals surface area contributed by atoms with Gasteiger partial charge >= 0.3 is 5.97 Å². The Labute approximate surface area is 179 Å².